The minimum Gasteiger partial charge on any atom is -0.446 e. The van der Waals surface area contributed by atoms with Crippen LogP contribution in [0.15, 0.2) is 41.1 Å². The number of ether oxygens (including phenoxy) is 3. The molecule has 3 atom stereocenters. The highest BCUT2D eigenvalue weighted by molar-refractivity contribution is 9.10. The molecule has 1 amide bonds. The normalized spacial score (nSPS) is 18.3. The van der Waals surface area contributed by atoms with Crippen molar-refractivity contribution < 1.29 is 19.0 Å². The Kier molecular flexibility index (Phi) is 7.69. The number of imidazole rings is 1. The molecule has 29 heavy (non-hydrogen) atoms. The summed E-state index contributed by atoms with van der Waals surface area (Å²) in [5.74, 6) is 6.95. The zero-order valence-electron chi connectivity index (χ0n) is 16.2. The van der Waals surface area contributed by atoms with Gasteiger partial charge < -0.3 is 24.5 Å². The van der Waals surface area contributed by atoms with E-state index in [1.807, 2.05) is 35.8 Å². The van der Waals surface area contributed by atoms with Gasteiger partial charge in [0.15, 0.2) is 6.29 Å². The molecule has 1 saturated heterocycles. The van der Waals surface area contributed by atoms with Crippen LogP contribution in [0.1, 0.15) is 49.7 Å². The van der Waals surface area contributed by atoms with Gasteiger partial charge in [-0.25, -0.2) is 9.78 Å². The van der Waals surface area contributed by atoms with Crippen molar-refractivity contribution in [3.05, 3.63) is 52.5 Å². The van der Waals surface area contributed by atoms with Gasteiger partial charge in [0.05, 0.1) is 0 Å². The minimum absolute atomic E-state index is 0.00880. The SMILES string of the molecule is C[C@H](OC1CCCCO1)c1nccn1[C@@H](C#Cc1ccc(Br)cc1)COC(N)=O. The molecule has 1 aliphatic heterocycles. The van der Waals surface area contributed by atoms with E-state index in [9.17, 15) is 4.79 Å². The van der Waals surface area contributed by atoms with Gasteiger partial charge in [0, 0.05) is 29.0 Å². The maximum Gasteiger partial charge on any atom is 0.404 e. The van der Waals surface area contributed by atoms with Crippen molar-refractivity contribution in [3.8, 4) is 11.8 Å². The van der Waals surface area contributed by atoms with Gasteiger partial charge in [-0.1, -0.05) is 27.8 Å². The number of benzene rings is 1. The van der Waals surface area contributed by atoms with E-state index >= 15 is 0 Å². The zero-order chi connectivity index (χ0) is 20.6. The van der Waals surface area contributed by atoms with E-state index in [2.05, 4.69) is 32.8 Å². The molecular formula is C21H24BrN3O4. The molecule has 0 spiro atoms. The van der Waals surface area contributed by atoms with Gasteiger partial charge >= 0.3 is 6.09 Å². The first-order valence-electron chi connectivity index (χ1n) is 9.52. The first kappa shape index (κ1) is 21.4. The summed E-state index contributed by atoms with van der Waals surface area (Å²) in [6.07, 6.45) is 5.08. The Bertz CT molecular complexity index is 866. The first-order valence-corrected chi connectivity index (χ1v) is 10.3. The molecule has 2 aromatic rings. The lowest BCUT2D eigenvalue weighted by molar-refractivity contribution is -0.188. The molecule has 0 aliphatic carbocycles. The molecular weight excluding hydrogens is 438 g/mol. The van der Waals surface area contributed by atoms with Crippen LogP contribution in [0, 0.1) is 11.8 Å². The summed E-state index contributed by atoms with van der Waals surface area (Å²) < 4.78 is 19.6. The predicted octanol–water partition coefficient (Wildman–Crippen LogP) is 3.94. The molecule has 0 saturated carbocycles. The fourth-order valence-corrected chi connectivity index (χ4v) is 3.33. The van der Waals surface area contributed by atoms with Crippen molar-refractivity contribution in [2.45, 2.75) is 44.6 Å². The van der Waals surface area contributed by atoms with Gasteiger partial charge in [-0.3, -0.25) is 0 Å². The Hall–Kier alpha value is -2.34. The Morgan fingerprint density at radius 2 is 2.21 bits per heavy atom. The summed E-state index contributed by atoms with van der Waals surface area (Å²) in [5, 5.41) is 0. The number of carbonyl (C=O) groups excluding carboxylic acids is 1. The highest BCUT2D eigenvalue weighted by Gasteiger charge is 2.23. The second-order valence-corrected chi connectivity index (χ2v) is 7.60. The summed E-state index contributed by atoms with van der Waals surface area (Å²) in [4.78, 5) is 15.6. The maximum atomic E-state index is 11.1. The Balaban J connectivity index is 1.79. The van der Waals surface area contributed by atoms with Gasteiger partial charge in [0.1, 0.15) is 24.6 Å². The summed E-state index contributed by atoms with van der Waals surface area (Å²) in [5.41, 5.74) is 6.01. The van der Waals surface area contributed by atoms with Crippen molar-refractivity contribution in [2.24, 2.45) is 5.73 Å². The van der Waals surface area contributed by atoms with E-state index in [1.165, 1.54) is 0 Å². The first-order chi connectivity index (χ1) is 14.0. The summed E-state index contributed by atoms with van der Waals surface area (Å²) in [6.45, 7) is 2.64. The van der Waals surface area contributed by atoms with E-state index in [-0.39, 0.29) is 19.0 Å². The lowest BCUT2D eigenvalue weighted by atomic mass is 10.2. The van der Waals surface area contributed by atoms with Crippen LogP contribution in [-0.4, -0.2) is 35.1 Å². The van der Waals surface area contributed by atoms with Crippen molar-refractivity contribution in [3.63, 3.8) is 0 Å². The molecule has 3 rings (SSSR count). The quantitative estimate of drug-likeness (QED) is 0.658. The molecule has 1 unspecified atom stereocenters. The second-order valence-electron chi connectivity index (χ2n) is 6.69. The average molecular weight is 462 g/mol. The van der Waals surface area contributed by atoms with Gasteiger partial charge in [-0.05, 0) is 50.5 Å². The van der Waals surface area contributed by atoms with Gasteiger partial charge in [0.2, 0.25) is 0 Å². The van der Waals surface area contributed by atoms with Crippen LogP contribution in [0.2, 0.25) is 0 Å². The summed E-state index contributed by atoms with van der Waals surface area (Å²) in [7, 11) is 0. The standard InChI is InChI=1S/C21H24BrN3O4/c1-15(29-19-4-2-3-13-27-19)20-24-11-12-25(20)18(14-28-21(23)26)10-7-16-5-8-17(22)9-6-16/h5-6,8-9,11-12,15,18-19H,2-4,13-14H2,1H3,(H2,23,26)/t15-,18-,19?/m0/s1. The smallest absolute Gasteiger partial charge is 0.404 e. The minimum atomic E-state index is -0.845. The highest BCUT2D eigenvalue weighted by atomic mass is 79.9. The van der Waals surface area contributed by atoms with Crippen molar-refractivity contribution in [1.82, 2.24) is 9.55 Å². The third-order valence-corrected chi connectivity index (χ3v) is 5.03. The molecule has 1 fully saturated rings. The van der Waals surface area contributed by atoms with E-state index in [0.29, 0.717) is 12.4 Å². The molecule has 1 aromatic heterocycles. The Morgan fingerprint density at radius 3 is 2.90 bits per heavy atom. The second kappa shape index (κ2) is 10.4. The van der Waals surface area contributed by atoms with Crippen LogP contribution in [0.25, 0.3) is 0 Å². The third-order valence-electron chi connectivity index (χ3n) is 4.50. The van der Waals surface area contributed by atoms with E-state index < -0.39 is 12.1 Å². The molecule has 2 N–H and O–H groups in total. The number of aromatic nitrogens is 2. The van der Waals surface area contributed by atoms with Gasteiger partial charge in [0.25, 0.3) is 0 Å². The Labute approximate surface area is 178 Å². The lowest BCUT2D eigenvalue weighted by Gasteiger charge is -2.26. The highest BCUT2D eigenvalue weighted by Crippen LogP contribution is 2.24. The molecule has 1 aromatic carbocycles. The number of hydrogen-bond acceptors (Lipinski definition) is 5. The number of hydrogen-bond donors (Lipinski definition) is 1. The largest absolute Gasteiger partial charge is 0.446 e. The average Bonchev–Trinajstić information content (AvgIpc) is 3.20. The number of halogens is 1. The maximum absolute atomic E-state index is 11.1. The van der Waals surface area contributed by atoms with Crippen LogP contribution >= 0.6 is 15.9 Å². The van der Waals surface area contributed by atoms with Crippen LogP contribution in [0.5, 0.6) is 0 Å². The van der Waals surface area contributed by atoms with Crippen molar-refractivity contribution in [1.29, 1.82) is 0 Å². The molecule has 7 nitrogen and oxygen atoms in total. The molecule has 0 radical (unpaired) electrons. The van der Waals surface area contributed by atoms with Crippen LogP contribution in [0.3, 0.4) is 0 Å². The van der Waals surface area contributed by atoms with Gasteiger partial charge in [-0.15, -0.1) is 0 Å². The molecule has 2 heterocycles. The van der Waals surface area contributed by atoms with E-state index in [1.54, 1.807) is 12.4 Å². The summed E-state index contributed by atoms with van der Waals surface area (Å²) in [6, 6.07) is 7.19. The number of amides is 1. The third kappa shape index (κ3) is 6.32. The van der Waals surface area contributed by atoms with Gasteiger partial charge in [-0.2, -0.15) is 0 Å². The summed E-state index contributed by atoms with van der Waals surface area (Å²) >= 11 is 3.41. The van der Waals surface area contributed by atoms with E-state index in [0.717, 1.165) is 29.3 Å². The van der Waals surface area contributed by atoms with Crippen molar-refractivity contribution in [2.75, 3.05) is 13.2 Å². The lowest BCUT2D eigenvalue weighted by Crippen LogP contribution is -2.26. The van der Waals surface area contributed by atoms with Crippen LogP contribution < -0.4 is 5.73 Å². The molecule has 8 heteroatoms. The predicted molar refractivity (Wildman–Crippen MR) is 111 cm³/mol. The number of nitrogens with zero attached hydrogens (tertiary/aromatic N) is 2. The number of nitrogens with two attached hydrogens (primary N) is 1. The zero-order valence-corrected chi connectivity index (χ0v) is 17.8. The van der Waals surface area contributed by atoms with E-state index in [4.69, 9.17) is 19.9 Å². The molecule has 0 bridgehead atoms. The Morgan fingerprint density at radius 1 is 1.41 bits per heavy atom. The molecule has 1 aliphatic rings. The fraction of sp³-hybridized carbons (Fsp3) is 0.429. The number of carbonyl (C=O) groups is 1. The number of primary amides is 1. The van der Waals surface area contributed by atoms with Crippen molar-refractivity contribution >= 4 is 22.0 Å². The van der Waals surface area contributed by atoms with Crippen LogP contribution in [-0.2, 0) is 14.2 Å². The van der Waals surface area contributed by atoms with Crippen LogP contribution in [0.4, 0.5) is 4.79 Å². The fourth-order valence-electron chi connectivity index (χ4n) is 3.06. The topological polar surface area (TPSA) is 88.6 Å². The monoisotopic (exact) mass is 461 g/mol. The number of rotatable bonds is 6. The molecule has 154 valence electrons.